The van der Waals surface area contributed by atoms with E-state index in [1.165, 1.54) is 77.4 Å². The summed E-state index contributed by atoms with van der Waals surface area (Å²) in [7, 11) is 0. The Morgan fingerprint density at radius 3 is 1.53 bits per heavy atom. The summed E-state index contributed by atoms with van der Waals surface area (Å²) >= 11 is 1.30. The minimum absolute atomic E-state index is 0.299. The van der Waals surface area contributed by atoms with E-state index < -0.39 is 11.6 Å². The molecule has 0 radical (unpaired) electrons. The second-order valence-corrected chi connectivity index (χ2v) is 6.70. The fourth-order valence-corrected chi connectivity index (χ4v) is 2.41. The van der Waals surface area contributed by atoms with E-state index in [4.69, 9.17) is 10.2 Å². The van der Waals surface area contributed by atoms with Crippen molar-refractivity contribution >= 4 is 4.21 Å². The van der Waals surface area contributed by atoms with E-state index in [1.807, 2.05) is 12.2 Å². The van der Waals surface area contributed by atoms with Crippen LogP contribution in [0.25, 0.3) is 0 Å². The predicted octanol–water partition coefficient (Wildman–Crippen LogP) is 7.06. The van der Waals surface area contributed by atoms with Gasteiger partial charge < -0.3 is 10.2 Å². The number of aromatic hydroxyl groups is 2. The second kappa shape index (κ2) is 17.2. The Morgan fingerprint density at radius 1 is 0.906 bits per heavy atom. The summed E-state index contributed by atoms with van der Waals surface area (Å²) in [5.74, 6) is -1.19. The first-order valence-corrected chi connectivity index (χ1v) is 11.7. The van der Waals surface area contributed by atoms with Crippen LogP contribution in [0.4, 0.5) is 8.78 Å². The molecule has 2 aromatic carbocycles. The van der Waals surface area contributed by atoms with Gasteiger partial charge in [0.15, 0.2) is 23.1 Å². The molecule has 4 rings (SSSR count). The van der Waals surface area contributed by atoms with Gasteiger partial charge >= 0.3 is 28.4 Å². The number of hydrogen-bond acceptors (Lipinski definition) is 2. The molecule has 0 fully saturated rings. The van der Waals surface area contributed by atoms with E-state index >= 15 is 0 Å². The molecule has 0 aliphatic heterocycles. The Balaban J connectivity index is 0.000000396. The van der Waals surface area contributed by atoms with Crippen LogP contribution in [0.5, 0.6) is 11.5 Å². The van der Waals surface area contributed by atoms with Crippen LogP contribution in [0, 0.1) is 29.7 Å². The van der Waals surface area contributed by atoms with E-state index in [0.29, 0.717) is 5.92 Å². The Morgan fingerprint density at radius 2 is 1.38 bits per heavy atom. The zero-order valence-corrected chi connectivity index (χ0v) is 21.5. The summed E-state index contributed by atoms with van der Waals surface area (Å²) in [6, 6.07) is 11.2. The average Bonchev–Trinajstić information content (AvgIpc) is 3.45. The number of halogens is 2. The second-order valence-electron chi connectivity index (χ2n) is 6.70. The van der Waals surface area contributed by atoms with Gasteiger partial charge in [-0.3, -0.25) is 12.2 Å². The number of rotatable bonds is 0. The number of allylic oxidation sites excluding steroid dienone is 8. The van der Waals surface area contributed by atoms with Gasteiger partial charge in [-0.2, -0.15) is 17.2 Å². The molecule has 0 saturated heterocycles. The van der Waals surface area contributed by atoms with E-state index in [9.17, 15) is 8.78 Å². The van der Waals surface area contributed by atoms with Gasteiger partial charge in [0.25, 0.3) is 0 Å². The fourth-order valence-electron chi connectivity index (χ4n) is 2.41. The molecule has 0 amide bonds. The van der Waals surface area contributed by atoms with Gasteiger partial charge in [-0.15, -0.1) is 13.3 Å². The van der Waals surface area contributed by atoms with Gasteiger partial charge in [-0.25, -0.2) is 26.5 Å². The molecule has 1 atom stereocenters. The van der Waals surface area contributed by atoms with E-state index in [-0.39, 0.29) is 11.5 Å². The van der Waals surface area contributed by atoms with Crippen LogP contribution in [0.15, 0.2) is 83.5 Å². The summed E-state index contributed by atoms with van der Waals surface area (Å²) in [6.45, 7) is 8.67. The zero-order valence-electron chi connectivity index (χ0n) is 19.0. The van der Waals surface area contributed by atoms with Gasteiger partial charge in [0.2, 0.25) is 0 Å². The summed E-state index contributed by atoms with van der Waals surface area (Å²) < 4.78 is 27.5. The monoisotopic (exact) mass is 514 g/mol. The Hall–Kier alpha value is -2.39. The third-order valence-corrected chi connectivity index (χ3v) is 4.53. The topological polar surface area (TPSA) is 40.5 Å². The first kappa shape index (κ1) is 29.6. The van der Waals surface area contributed by atoms with Crippen LogP contribution < -0.4 is 0 Å². The maximum atomic E-state index is 12.1. The van der Waals surface area contributed by atoms with Crippen molar-refractivity contribution in [3.63, 3.8) is 0 Å². The molecule has 1 unspecified atom stereocenters. The number of phenolic OH excluding ortho intramolecular Hbond substituents is 2. The molecule has 5 heteroatoms. The molecule has 2 nitrogen and oxygen atoms in total. The van der Waals surface area contributed by atoms with Gasteiger partial charge in [-0.1, -0.05) is 51.0 Å². The molecule has 2 aromatic rings. The molecule has 0 aromatic heterocycles. The Kier molecular flexibility index (Phi) is 15.9. The van der Waals surface area contributed by atoms with Crippen LogP contribution in [-0.4, -0.2) is 14.4 Å². The van der Waals surface area contributed by atoms with Crippen molar-refractivity contribution in [3.8, 4) is 11.5 Å². The molecule has 0 saturated carbocycles. The molecule has 2 aliphatic carbocycles. The summed E-state index contributed by atoms with van der Waals surface area (Å²) in [5, 5.41) is 17.1. The Labute approximate surface area is 205 Å². The molecule has 0 spiro atoms. The molecule has 0 heterocycles. The molecular weight excluding hydrogens is 486 g/mol. The fraction of sp³-hybridized carbons (Fsp3) is 0.222. The van der Waals surface area contributed by atoms with Crippen molar-refractivity contribution in [1.82, 2.24) is 0 Å². The molecular formula is C27H30F2O2Zr. The number of phenols is 2. The Bertz CT molecular complexity index is 851. The van der Waals surface area contributed by atoms with Crippen LogP contribution in [-0.2, 0) is 24.2 Å². The zero-order chi connectivity index (χ0) is 24.5. The summed E-state index contributed by atoms with van der Waals surface area (Å²) in [5.41, 5.74) is 4.25. The maximum absolute atomic E-state index is 12.1. The summed E-state index contributed by atoms with van der Waals surface area (Å²) in [6.07, 6.45) is 13.4. The van der Waals surface area contributed by atoms with Crippen molar-refractivity contribution in [2.45, 2.75) is 34.1 Å². The van der Waals surface area contributed by atoms with Crippen molar-refractivity contribution in [3.05, 3.63) is 107 Å². The summed E-state index contributed by atoms with van der Waals surface area (Å²) in [4.78, 5) is 0. The van der Waals surface area contributed by atoms with E-state index in [2.05, 4.69) is 50.1 Å². The molecule has 32 heavy (non-hydrogen) atoms. The normalized spacial score (nSPS) is 15.1. The first-order valence-electron chi connectivity index (χ1n) is 9.96. The van der Waals surface area contributed by atoms with E-state index in [1.54, 1.807) is 12.1 Å². The third kappa shape index (κ3) is 11.9. The van der Waals surface area contributed by atoms with Crippen LogP contribution in [0.3, 0.4) is 0 Å². The predicted molar refractivity (Wildman–Crippen MR) is 125 cm³/mol. The van der Waals surface area contributed by atoms with Gasteiger partial charge in [0.05, 0.1) is 0 Å². The number of para-hydroxylation sites is 2. The number of benzene rings is 2. The van der Waals surface area contributed by atoms with Crippen molar-refractivity contribution in [1.29, 1.82) is 0 Å². The molecule has 2 aliphatic rings. The van der Waals surface area contributed by atoms with E-state index in [0.717, 1.165) is 6.42 Å². The van der Waals surface area contributed by atoms with Gasteiger partial charge in [-0.05, 0) is 24.3 Å². The van der Waals surface area contributed by atoms with Crippen LogP contribution in [0.2, 0.25) is 0 Å². The van der Waals surface area contributed by atoms with Crippen molar-refractivity contribution in [2.75, 3.05) is 0 Å². The first-order chi connectivity index (χ1) is 15.2. The molecule has 0 bridgehead atoms. The molecule has 168 valence electrons. The quantitative estimate of drug-likeness (QED) is 0.369. The third-order valence-electron chi connectivity index (χ3n) is 4.53. The molecule has 2 N–H and O–H groups in total. The standard InChI is InChI=1S/C9H13.2C6H5FO.C5H5.CH2.Zr/c1-6-5-7(2)9(4)8(6)3;2*7-5-3-1-2-4-6(5)8;1-2-4-5-3-1;;/h6H,1-4H3;2*1-4,8H;1-3H,4H2;1H2;/q-1;;;-1;;+2. The number of hydrogen-bond donors (Lipinski definition) is 2. The van der Waals surface area contributed by atoms with Crippen LogP contribution >= 0.6 is 0 Å². The van der Waals surface area contributed by atoms with Crippen molar-refractivity contribution < 1.29 is 43.2 Å². The average molecular weight is 516 g/mol. The van der Waals surface area contributed by atoms with Gasteiger partial charge in [0, 0.05) is 0 Å². The minimum atomic E-state index is -0.576. The van der Waals surface area contributed by atoms with Crippen LogP contribution in [0.1, 0.15) is 34.1 Å². The SMILES string of the molecule is CC1=[C-]C(C)C(C)=C1C.Oc1ccccc1F.Oc1ccccc1F.[C-]1=CC=CC1.[CH2]=[Zr+2]. The van der Waals surface area contributed by atoms with Crippen molar-refractivity contribution in [2.24, 2.45) is 5.92 Å². The van der Waals surface area contributed by atoms with Gasteiger partial charge in [0.1, 0.15) is 0 Å².